The molecule has 1 spiro atoms. The van der Waals surface area contributed by atoms with Crippen molar-refractivity contribution in [3.05, 3.63) is 35.4 Å². The van der Waals surface area contributed by atoms with Crippen molar-refractivity contribution in [2.24, 2.45) is 5.41 Å². The topological polar surface area (TPSA) is 43.9 Å². The summed E-state index contributed by atoms with van der Waals surface area (Å²) >= 11 is 0. The Bertz CT molecular complexity index is 719. The van der Waals surface area contributed by atoms with Crippen LogP contribution in [-0.4, -0.2) is 65.8 Å². The molecule has 27 heavy (non-hydrogen) atoms. The molecule has 3 heterocycles. The van der Waals surface area contributed by atoms with Gasteiger partial charge in [0.2, 0.25) is 11.8 Å². The molecule has 3 aliphatic heterocycles. The number of carbonyl (C=O) groups is 2. The number of benzene rings is 1. The highest BCUT2D eigenvalue weighted by Crippen LogP contribution is 2.39. The molecule has 3 saturated heterocycles. The van der Waals surface area contributed by atoms with Crippen LogP contribution in [0.4, 0.5) is 0 Å². The summed E-state index contributed by atoms with van der Waals surface area (Å²) in [6.45, 7) is 8.10. The number of rotatable bonds is 4. The summed E-state index contributed by atoms with van der Waals surface area (Å²) in [5.41, 5.74) is 2.94. The molecule has 1 unspecified atom stereocenters. The Labute approximate surface area is 162 Å². The van der Waals surface area contributed by atoms with Crippen molar-refractivity contribution in [1.29, 1.82) is 0 Å². The van der Waals surface area contributed by atoms with Crippen molar-refractivity contribution in [3.63, 3.8) is 0 Å². The van der Waals surface area contributed by atoms with Crippen LogP contribution in [0.2, 0.25) is 0 Å². The van der Waals surface area contributed by atoms with Gasteiger partial charge in [0.15, 0.2) is 0 Å². The smallest absolute Gasteiger partial charge is 0.242 e. The summed E-state index contributed by atoms with van der Waals surface area (Å²) in [5.74, 6) is 0.275. The van der Waals surface area contributed by atoms with E-state index >= 15 is 0 Å². The lowest BCUT2D eigenvalue weighted by molar-refractivity contribution is -0.138. The van der Waals surface area contributed by atoms with Gasteiger partial charge in [0.05, 0.1) is 6.54 Å². The molecule has 0 aliphatic carbocycles. The first-order valence-electron chi connectivity index (χ1n) is 10.4. The minimum atomic E-state index is 0.137. The van der Waals surface area contributed by atoms with Gasteiger partial charge in [-0.15, -0.1) is 0 Å². The summed E-state index contributed by atoms with van der Waals surface area (Å²) in [5, 5.41) is 0. The second-order valence-electron chi connectivity index (χ2n) is 8.79. The molecule has 0 N–H and O–H groups in total. The third-order valence-corrected chi connectivity index (χ3v) is 6.52. The van der Waals surface area contributed by atoms with Gasteiger partial charge in [-0.2, -0.15) is 0 Å². The summed E-state index contributed by atoms with van der Waals surface area (Å²) in [6, 6.07) is 8.78. The van der Waals surface area contributed by atoms with E-state index in [1.165, 1.54) is 24.0 Å². The zero-order valence-electron chi connectivity index (χ0n) is 16.5. The molecule has 5 nitrogen and oxygen atoms in total. The maximum atomic E-state index is 12.7. The lowest BCUT2D eigenvalue weighted by Gasteiger charge is -2.40. The molecule has 0 aromatic heterocycles. The fourth-order valence-corrected chi connectivity index (χ4v) is 5.13. The molecule has 0 radical (unpaired) electrons. The molecule has 3 fully saturated rings. The normalized spacial score (nSPS) is 26.3. The summed E-state index contributed by atoms with van der Waals surface area (Å²) in [4.78, 5) is 30.8. The Morgan fingerprint density at radius 1 is 1.11 bits per heavy atom. The van der Waals surface area contributed by atoms with Crippen LogP contribution in [0.25, 0.3) is 0 Å². The van der Waals surface area contributed by atoms with Gasteiger partial charge in [0.1, 0.15) is 0 Å². The van der Waals surface area contributed by atoms with Crippen LogP contribution >= 0.6 is 0 Å². The largest absolute Gasteiger partial charge is 0.341 e. The van der Waals surface area contributed by atoms with E-state index in [1.807, 2.05) is 4.90 Å². The van der Waals surface area contributed by atoms with Crippen LogP contribution in [0, 0.1) is 12.3 Å². The zero-order chi connectivity index (χ0) is 18.9. The minimum absolute atomic E-state index is 0.137. The summed E-state index contributed by atoms with van der Waals surface area (Å²) in [7, 11) is 0. The van der Waals surface area contributed by atoms with Gasteiger partial charge in [-0.1, -0.05) is 29.8 Å². The Morgan fingerprint density at radius 2 is 2.00 bits per heavy atom. The third kappa shape index (κ3) is 4.18. The van der Waals surface area contributed by atoms with Crippen molar-refractivity contribution in [1.82, 2.24) is 14.7 Å². The maximum absolute atomic E-state index is 12.7. The molecular weight excluding hydrogens is 338 g/mol. The second-order valence-corrected chi connectivity index (χ2v) is 8.79. The molecule has 3 aliphatic rings. The molecule has 1 aromatic carbocycles. The van der Waals surface area contributed by atoms with Crippen molar-refractivity contribution >= 4 is 11.8 Å². The van der Waals surface area contributed by atoms with Crippen LogP contribution in [0.5, 0.6) is 0 Å². The van der Waals surface area contributed by atoms with E-state index in [1.54, 1.807) is 4.90 Å². The molecule has 1 atom stereocenters. The van der Waals surface area contributed by atoms with Gasteiger partial charge < -0.3 is 9.80 Å². The number of amides is 2. The van der Waals surface area contributed by atoms with Crippen molar-refractivity contribution in [2.75, 3.05) is 39.3 Å². The number of carbonyl (C=O) groups excluding carboxylic acids is 2. The fourth-order valence-electron chi connectivity index (χ4n) is 5.13. The van der Waals surface area contributed by atoms with E-state index in [0.717, 1.165) is 52.1 Å². The summed E-state index contributed by atoms with van der Waals surface area (Å²) < 4.78 is 0. The van der Waals surface area contributed by atoms with E-state index in [-0.39, 0.29) is 23.8 Å². The number of likely N-dealkylation sites (tertiary alicyclic amines) is 3. The zero-order valence-corrected chi connectivity index (χ0v) is 16.5. The minimum Gasteiger partial charge on any atom is -0.341 e. The highest BCUT2D eigenvalue weighted by Gasteiger charge is 2.43. The van der Waals surface area contributed by atoms with Crippen molar-refractivity contribution < 1.29 is 9.59 Å². The maximum Gasteiger partial charge on any atom is 0.242 e. The Balaban J connectivity index is 1.34. The van der Waals surface area contributed by atoms with E-state index in [2.05, 4.69) is 36.1 Å². The number of hydrogen-bond donors (Lipinski definition) is 0. The molecule has 1 aromatic rings. The van der Waals surface area contributed by atoms with Crippen LogP contribution in [0.3, 0.4) is 0 Å². The molecule has 2 amide bonds. The lowest BCUT2D eigenvalue weighted by Crippen LogP contribution is -2.46. The Morgan fingerprint density at radius 3 is 2.78 bits per heavy atom. The predicted molar refractivity (Wildman–Crippen MR) is 105 cm³/mol. The van der Waals surface area contributed by atoms with Crippen LogP contribution in [0.15, 0.2) is 24.3 Å². The van der Waals surface area contributed by atoms with Crippen molar-refractivity contribution in [3.8, 4) is 0 Å². The first-order chi connectivity index (χ1) is 13.0. The van der Waals surface area contributed by atoms with Crippen LogP contribution in [0.1, 0.15) is 43.2 Å². The van der Waals surface area contributed by atoms with Gasteiger partial charge in [-0.25, -0.2) is 0 Å². The molecular formula is C22H31N3O2. The van der Waals surface area contributed by atoms with E-state index in [4.69, 9.17) is 0 Å². The standard InChI is InChI=1S/C22H31N3O2/c1-18-5-2-6-19(13-18)14-23-10-4-8-22(16-23)9-12-25(17-22)21(27)15-24-11-3-7-20(24)26/h2,5-6,13H,3-4,7-12,14-17H2,1H3. The van der Waals surface area contributed by atoms with Gasteiger partial charge in [0.25, 0.3) is 0 Å². The van der Waals surface area contributed by atoms with E-state index in [0.29, 0.717) is 6.42 Å². The first-order valence-corrected chi connectivity index (χ1v) is 10.4. The molecule has 4 rings (SSSR count). The number of hydrogen-bond acceptors (Lipinski definition) is 3. The average Bonchev–Trinajstić information content (AvgIpc) is 3.22. The van der Waals surface area contributed by atoms with Gasteiger partial charge in [0, 0.05) is 44.6 Å². The van der Waals surface area contributed by atoms with Gasteiger partial charge in [-0.3, -0.25) is 14.5 Å². The average molecular weight is 370 g/mol. The number of aryl methyl sites for hydroxylation is 1. The number of nitrogens with zero attached hydrogens (tertiary/aromatic N) is 3. The monoisotopic (exact) mass is 369 g/mol. The van der Waals surface area contributed by atoms with E-state index < -0.39 is 0 Å². The Kier molecular flexibility index (Phi) is 5.22. The molecule has 0 saturated carbocycles. The first kappa shape index (κ1) is 18.5. The predicted octanol–water partition coefficient (Wildman–Crippen LogP) is 2.43. The van der Waals surface area contributed by atoms with Crippen LogP contribution in [-0.2, 0) is 16.1 Å². The fraction of sp³-hybridized carbons (Fsp3) is 0.636. The SMILES string of the molecule is Cc1cccc(CN2CCCC3(CCN(C(=O)CN4CCCC4=O)C3)C2)c1. The number of piperidine rings is 1. The molecule has 5 heteroatoms. The second kappa shape index (κ2) is 7.63. The van der Waals surface area contributed by atoms with E-state index in [9.17, 15) is 9.59 Å². The quantitative estimate of drug-likeness (QED) is 0.819. The Hall–Kier alpha value is -1.88. The summed E-state index contributed by atoms with van der Waals surface area (Å²) in [6.07, 6.45) is 5.01. The third-order valence-electron chi connectivity index (χ3n) is 6.52. The van der Waals surface area contributed by atoms with Crippen molar-refractivity contribution in [2.45, 2.75) is 45.6 Å². The van der Waals surface area contributed by atoms with Gasteiger partial charge in [-0.05, 0) is 44.7 Å². The molecule has 0 bridgehead atoms. The highest BCUT2D eigenvalue weighted by molar-refractivity contribution is 5.86. The lowest BCUT2D eigenvalue weighted by atomic mass is 9.79. The van der Waals surface area contributed by atoms with Crippen LogP contribution < -0.4 is 0 Å². The van der Waals surface area contributed by atoms with Gasteiger partial charge >= 0.3 is 0 Å². The highest BCUT2D eigenvalue weighted by atomic mass is 16.2. The molecule has 146 valence electrons.